The summed E-state index contributed by atoms with van der Waals surface area (Å²) in [6, 6.07) is 6.35. The number of carbonyl (C=O) groups excluding carboxylic acids is 1. The van der Waals surface area contributed by atoms with E-state index in [9.17, 15) is 9.18 Å². The SMILES string of the molecule is C[C@@H](Sc1nnc(N2CCCC2)n1C[C@H]1CCCO1)C(=O)N(C)Cc1cccc(F)c1. The predicted molar refractivity (Wildman–Crippen MR) is 119 cm³/mol. The van der Waals surface area contributed by atoms with Crippen LogP contribution < -0.4 is 4.90 Å². The minimum atomic E-state index is -0.336. The van der Waals surface area contributed by atoms with Gasteiger partial charge in [0.05, 0.1) is 17.9 Å². The van der Waals surface area contributed by atoms with E-state index in [0.29, 0.717) is 13.1 Å². The lowest BCUT2D eigenvalue weighted by Crippen LogP contribution is -2.33. The molecule has 31 heavy (non-hydrogen) atoms. The van der Waals surface area contributed by atoms with Crippen LogP contribution in [0.5, 0.6) is 0 Å². The lowest BCUT2D eigenvalue weighted by molar-refractivity contribution is -0.129. The number of thioether (sulfide) groups is 1. The van der Waals surface area contributed by atoms with Crippen molar-refractivity contribution in [2.75, 3.05) is 31.6 Å². The highest BCUT2D eigenvalue weighted by Gasteiger charge is 2.28. The van der Waals surface area contributed by atoms with E-state index in [2.05, 4.69) is 19.7 Å². The van der Waals surface area contributed by atoms with Crippen LogP contribution in [0.3, 0.4) is 0 Å². The number of hydrogen-bond donors (Lipinski definition) is 0. The van der Waals surface area contributed by atoms with Gasteiger partial charge in [-0.05, 0) is 50.3 Å². The topological polar surface area (TPSA) is 63.5 Å². The molecule has 0 aliphatic carbocycles. The average molecular weight is 448 g/mol. The van der Waals surface area contributed by atoms with Gasteiger partial charge in [-0.25, -0.2) is 4.39 Å². The second-order valence-electron chi connectivity index (χ2n) is 8.31. The highest BCUT2D eigenvalue weighted by atomic mass is 32.2. The maximum atomic E-state index is 13.5. The number of nitrogens with zero attached hydrogens (tertiary/aromatic N) is 5. The summed E-state index contributed by atoms with van der Waals surface area (Å²) in [4.78, 5) is 16.9. The van der Waals surface area contributed by atoms with Crippen LogP contribution in [-0.2, 0) is 22.6 Å². The van der Waals surface area contributed by atoms with Crippen LogP contribution in [0.25, 0.3) is 0 Å². The van der Waals surface area contributed by atoms with Crippen LogP contribution in [0, 0.1) is 5.82 Å². The van der Waals surface area contributed by atoms with E-state index >= 15 is 0 Å². The van der Waals surface area contributed by atoms with Gasteiger partial charge in [0.15, 0.2) is 5.16 Å². The third-order valence-electron chi connectivity index (χ3n) is 5.81. The normalized spacial score (nSPS) is 19.7. The van der Waals surface area contributed by atoms with Crippen LogP contribution in [0.2, 0.25) is 0 Å². The van der Waals surface area contributed by atoms with E-state index in [1.54, 1.807) is 18.0 Å². The van der Waals surface area contributed by atoms with Crippen molar-refractivity contribution in [1.82, 2.24) is 19.7 Å². The Morgan fingerprint density at radius 2 is 2.13 bits per heavy atom. The number of rotatable bonds is 8. The third kappa shape index (κ3) is 5.38. The van der Waals surface area contributed by atoms with Gasteiger partial charge in [0.25, 0.3) is 0 Å². The fraction of sp³-hybridized carbons (Fsp3) is 0.591. The standard InChI is InChI=1S/C22H30FN5O2S/c1-16(20(29)26(2)14-17-7-5-8-18(23)13-17)31-22-25-24-21(27-10-3-4-11-27)28(22)15-19-9-6-12-30-19/h5,7-8,13,16,19H,3-4,6,9-12,14-15H2,1-2H3/t16-,19-/m1/s1. The first-order valence-electron chi connectivity index (χ1n) is 11.0. The molecule has 4 rings (SSSR count). The van der Waals surface area contributed by atoms with Gasteiger partial charge in [0, 0.05) is 33.3 Å². The summed E-state index contributed by atoms with van der Waals surface area (Å²) in [5.74, 6) is 0.560. The van der Waals surface area contributed by atoms with E-state index in [0.717, 1.165) is 62.0 Å². The van der Waals surface area contributed by atoms with Gasteiger partial charge in [-0.3, -0.25) is 9.36 Å². The Balaban J connectivity index is 1.46. The van der Waals surface area contributed by atoms with E-state index in [1.165, 1.54) is 23.9 Å². The number of amides is 1. The van der Waals surface area contributed by atoms with E-state index < -0.39 is 0 Å². The molecule has 2 saturated heterocycles. The summed E-state index contributed by atoms with van der Waals surface area (Å²) >= 11 is 1.43. The molecular weight excluding hydrogens is 417 g/mol. The fourth-order valence-corrected chi connectivity index (χ4v) is 5.15. The number of hydrogen-bond acceptors (Lipinski definition) is 6. The van der Waals surface area contributed by atoms with Gasteiger partial charge in [0.1, 0.15) is 5.82 Å². The third-order valence-corrected chi connectivity index (χ3v) is 6.88. The van der Waals surface area contributed by atoms with Crippen LogP contribution >= 0.6 is 11.8 Å². The molecular formula is C22H30FN5O2S. The smallest absolute Gasteiger partial charge is 0.235 e. The molecule has 0 bridgehead atoms. The van der Waals surface area contributed by atoms with Crippen molar-refractivity contribution >= 4 is 23.6 Å². The van der Waals surface area contributed by atoms with Crippen molar-refractivity contribution in [2.45, 2.75) is 62.2 Å². The van der Waals surface area contributed by atoms with Gasteiger partial charge >= 0.3 is 0 Å². The molecule has 7 nitrogen and oxygen atoms in total. The molecule has 0 radical (unpaired) electrons. The molecule has 1 aromatic carbocycles. The lowest BCUT2D eigenvalue weighted by atomic mass is 10.2. The van der Waals surface area contributed by atoms with Crippen LogP contribution in [0.15, 0.2) is 29.4 Å². The maximum absolute atomic E-state index is 13.5. The summed E-state index contributed by atoms with van der Waals surface area (Å²) in [5, 5.41) is 9.32. The number of aromatic nitrogens is 3. The molecule has 1 aromatic heterocycles. The quantitative estimate of drug-likeness (QED) is 0.579. The molecule has 2 atom stereocenters. The fourth-order valence-electron chi connectivity index (χ4n) is 4.18. The maximum Gasteiger partial charge on any atom is 0.235 e. The molecule has 0 spiro atoms. The second kappa shape index (κ2) is 9.99. The Morgan fingerprint density at radius 1 is 1.32 bits per heavy atom. The number of ether oxygens (including phenoxy) is 1. The Kier molecular flexibility index (Phi) is 7.12. The van der Waals surface area contributed by atoms with Crippen molar-refractivity contribution in [1.29, 1.82) is 0 Å². The van der Waals surface area contributed by atoms with Crippen molar-refractivity contribution in [3.8, 4) is 0 Å². The first-order valence-corrected chi connectivity index (χ1v) is 11.8. The summed E-state index contributed by atoms with van der Waals surface area (Å²) in [5.41, 5.74) is 0.769. The van der Waals surface area contributed by atoms with Crippen LogP contribution in [0.4, 0.5) is 10.3 Å². The van der Waals surface area contributed by atoms with Crippen molar-refractivity contribution < 1.29 is 13.9 Å². The Bertz CT molecular complexity index is 896. The highest BCUT2D eigenvalue weighted by molar-refractivity contribution is 8.00. The monoisotopic (exact) mass is 447 g/mol. The molecule has 2 aromatic rings. The summed E-state index contributed by atoms with van der Waals surface area (Å²) < 4.78 is 21.4. The Labute approximate surface area is 186 Å². The van der Waals surface area contributed by atoms with E-state index in [-0.39, 0.29) is 23.1 Å². The minimum absolute atomic E-state index is 0.0244. The van der Waals surface area contributed by atoms with Gasteiger partial charge in [-0.1, -0.05) is 23.9 Å². The Morgan fingerprint density at radius 3 is 2.84 bits per heavy atom. The molecule has 9 heteroatoms. The second-order valence-corrected chi connectivity index (χ2v) is 9.61. The molecule has 0 unspecified atom stereocenters. The zero-order chi connectivity index (χ0) is 21.8. The summed E-state index contributed by atoms with van der Waals surface area (Å²) in [6.07, 6.45) is 4.60. The zero-order valence-corrected chi connectivity index (χ0v) is 19.0. The van der Waals surface area contributed by atoms with E-state index in [4.69, 9.17) is 4.74 Å². The summed E-state index contributed by atoms with van der Waals surface area (Å²) in [6.45, 7) is 5.73. The van der Waals surface area contributed by atoms with E-state index in [1.807, 2.05) is 13.0 Å². The minimum Gasteiger partial charge on any atom is -0.376 e. The van der Waals surface area contributed by atoms with Crippen molar-refractivity contribution in [3.63, 3.8) is 0 Å². The van der Waals surface area contributed by atoms with Gasteiger partial charge in [-0.15, -0.1) is 10.2 Å². The molecule has 1 amide bonds. The molecule has 0 N–H and O–H groups in total. The van der Waals surface area contributed by atoms with Crippen LogP contribution in [-0.4, -0.2) is 63.7 Å². The number of carbonyl (C=O) groups is 1. The van der Waals surface area contributed by atoms with Crippen LogP contribution in [0.1, 0.15) is 38.2 Å². The summed E-state index contributed by atoms with van der Waals surface area (Å²) in [7, 11) is 1.75. The van der Waals surface area contributed by atoms with Gasteiger partial charge < -0.3 is 14.5 Å². The average Bonchev–Trinajstić information content (AvgIpc) is 3.51. The number of anilines is 1. The first kappa shape index (κ1) is 22.1. The molecule has 2 aliphatic heterocycles. The first-order chi connectivity index (χ1) is 15.0. The van der Waals surface area contributed by atoms with Gasteiger partial charge in [0.2, 0.25) is 11.9 Å². The molecule has 2 aliphatic rings. The number of benzene rings is 1. The molecule has 3 heterocycles. The largest absolute Gasteiger partial charge is 0.376 e. The number of halogens is 1. The molecule has 168 valence electrons. The van der Waals surface area contributed by atoms with Crippen molar-refractivity contribution in [2.24, 2.45) is 0 Å². The highest BCUT2D eigenvalue weighted by Crippen LogP contribution is 2.30. The van der Waals surface area contributed by atoms with Crippen molar-refractivity contribution in [3.05, 3.63) is 35.6 Å². The zero-order valence-electron chi connectivity index (χ0n) is 18.2. The lowest BCUT2D eigenvalue weighted by Gasteiger charge is -2.23. The molecule has 2 fully saturated rings. The van der Waals surface area contributed by atoms with Gasteiger partial charge in [-0.2, -0.15) is 0 Å². The molecule has 0 saturated carbocycles. The Hall–Kier alpha value is -2.13. The predicted octanol–water partition coefficient (Wildman–Crippen LogP) is 3.34.